The highest BCUT2D eigenvalue weighted by molar-refractivity contribution is 7.99. The van der Waals surface area contributed by atoms with E-state index in [4.69, 9.17) is 0 Å². The van der Waals surface area contributed by atoms with Gasteiger partial charge in [-0.15, -0.1) is 0 Å². The number of phenolic OH excluding ortho intramolecular Hbond substituents is 1. The molecule has 5 nitrogen and oxygen atoms in total. The number of para-hydroxylation sites is 2. The van der Waals surface area contributed by atoms with Crippen LogP contribution in [0.25, 0.3) is 0 Å². The number of nitrogens with zero attached hydrogens (tertiary/aromatic N) is 2. The second kappa shape index (κ2) is 7.55. The van der Waals surface area contributed by atoms with Gasteiger partial charge in [0.25, 0.3) is 5.91 Å². The van der Waals surface area contributed by atoms with Gasteiger partial charge < -0.3 is 10.5 Å². The topological polar surface area (TPSA) is 64.9 Å². The van der Waals surface area contributed by atoms with E-state index in [1.807, 2.05) is 48.5 Å². The summed E-state index contributed by atoms with van der Waals surface area (Å²) in [6, 6.07) is 22.4. The van der Waals surface area contributed by atoms with Crippen LogP contribution >= 0.6 is 11.8 Å². The molecule has 1 aliphatic rings. The minimum Gasteiger partial charge on any atom is -0.508 e. The summed E-state index contributed by atoms with van der Waals surface area (Å²) in [5.41, 5.74) is 5.42. The Kier molecular flexibility index (Phi) is 4.80. The first-order valence-electron chi connectivity index (χ1n) is 8.46. The summed E-state index contributed by atoms with van der Waals surface area (Å²) in [7, 11) is 0. The summed E-state index contributed by atoms with van der Waals surface area (Å²) < 4.78 is 0. The highest BCUT2D eigenvalue weighted by atomic mass is 32.2. The van der Waals surface area contributed by atoms with Gasteiger partial charge in [-0.2, -0.15) is 5.10 Å². The van der Waals surface area contributed by atoms with E-state index in [0.29, 0.717) is 0 Å². The van der Waals surface area contributed by atoms with Gasteiger partial charge in [-0.3, -0.25) is 9.69 Å². The predicted octanol–water partition coefficient (Wildman–Crippen LogP) is 4.15. The number of amides is 1. The number of rotatable bonds is 4. The quantitative estimate of drug-likeness (QED) is 0.531. The van der Waals surface area contributed by atoms with Crippen LogP contribution in [0, 0.1) is 0 Å². The number of carbonyl (C=O) groups is 1. The number of carbonyl (C=O) groups excluding carboxylic acids is 1. The van der Waals surface area contributed by atoms with Gasteiger partial charge in [0, 0.05) is 9.79 Å². The number of phenols is 1. The molecule has 0 saturated carbocycles. The van der Waals surface area contributed by atoms with Crippen molar-refractivity contribution in [1.82, 2.24) is 5.43 Å². The van der Waals surface area contributed by atoms with Crippen molar-refractivity contribution in [3.63, 3.8) is 0 Å². The molecule has 1 heterocycles. The van der Waals surface area contributed by atoms with Crippen molar-refractivity contribution in [2.45, 2.75) is 9.79 Å². The second-order valence-electron chi connectivity index (χ2n) is 5.95. The van der Waals surface area contributed by atoms with Crippen molar-refractivity contribution < 1.29 is 9.90 Å². The fourth-order valence-corrected chi connectivity index (χ4v) is 3.90. The van der Waals surface area contributed by atoms with Crippen LogP contribution in [0.4, 0.5) is 11.4 Å². The molecular formula is C21H17N3O2S. The van der Waals surface area contributed by atoms with Crippen molar-refractivity contribution >= 4 is 35.3 Å². The lowest BCUT2D eigenvalue weighted by molar-refractivity contribution is -0.117. The Morgan fingerprint density at radius 3 is 2.19 bits per heavy atom. The van der Waals surface area contributed by atoms with Gasteiger partial charge in [0.05, 0.1) is 17.6 Å². The SMILES string of the molecule is O=C(CN/N=C/c1ccc(O)cc1)N1c2ccccc2Sc2ccccc21. The molecule has 2 N–H and O–H groups in total. The van der Waals surface area contributed by atoms with E-state index < -0.39 is 0 Å². The Balaban J connectivity index is 1.51. The molecular weight excluding hydrogens is 358 g/mol. The third-order valence-corrected chi connectivity index (χ3v) is 5.24. The van der Waals surface area contributed by atoms with Crippen molar-refractivity contribution in [3.8, 4) is 5.75 Å². The second-order valence-corrected chi connectivity index (χ2v) is 7.04. The van der Waals surface area contributed by atoms with Gasteiger partial charge in [0.2, 0.25) is 0 Å². The van der Waals surface area contributed by atoms with Crippen LogP contribution in [0.15, 0.2) is 87.7 Å². The Labute approximate surface area is 161 Å². The molecule has 1 amide bonds. The summed E-state index contributed by atoms with van der Waals surface area (Å²) in [5, 5.41) is 13.4. The van der Waals surface area contributed by atoms with Crippen molar-refractivity contribution in [1.29, 1.82) is 0 Å². The molecule has 4 rings (SSSR count). The smallest absolute Gasteiger partial charge is 0.252 e. The third kappa shape index (κ3) is 3.66. The third-order valence-electron chi connectivity index (χ3n) is 4.11. The zero-order valence-electron chi connectivity index (χ0n) is 14.4. The van der Waals surface area contributed by atoms with Gasteiger partial charge in [0.15, 0.2) is 0 Å². The molecule has 0 unspecified atom stereocenters. The molecule has 0 atom stereocenters. The summed E-state index contributed by atoms with van der Waals surface area (Å²) in [6.45, 7) is 0.0713. The van der Waals surface area contributed by atoms with E-state index in [0.717, 1.165) is 26.7 Å². The number of aromatic hydroxyl groups is 1. The number of nitrogens with one attached hydrogen (secondary N) is 1. The normalized spacial score (nSPS) is 12.5. The van der Waals surface area contributed by atoms with Crippen LogP contribution in [0.3, 0.4) is 0 Å². The van der Waals surface area contributed by atoms with Crippen molar-refractivity contribution in [3.05, 3.63) is 78.4 Å². The largest absolute Gasteiger partial charge is 0.508 e. The number of hydrogen-bond donors (Lipinski definition) is 2. The maximum absolute atomic E-state index is 12.9. The highest BCUT2D eigenvalue weighted by Gasteiger charge is 2.27. The van der Waals surface area contributed by atoms with Gasteiger partial charge in [-0.25, -0.2) is 0 Å². The molecule has 1 aliphatic heterocycles. The summed E-state index contributed by atoms with van der Waals surface area (Å²) >= 11 is 1.67. The molecule has 27 heavy (non-hydrogen) atoms. The molecule has 3 aromatic carbocycles. The van der Waals surface area contributed by atoms with Crippen LogP contribution in [-0.2, 0) is 4.79 Å². The van der Waals surface area contributed by atoms with E-state index in [1.54, 1.807) is 47.1 Å². The fourth-order valence-electron chi connectivity index (χ4n) is 2.85. The molecule has 0 radical (unpaired) electrons. The van der Waals surface area contributed by atoms with Gasteiger partial charge in [-0.05, 0) is 54.1 Å². The average Bonchev–Trinajstić information content (AvgIpc) is 2.70. The number of hydrogen-bond acceptors (Lipinski definition) is 5. The zero-order chi connectivity index (χ0) is 18.6. The molecule has 0 aliphatic carbocycles. The molecule has 0 fully saturated rings. The maximum atomic E-state index is 12.9. The maximum Gasteiger partial charge on any atom is 0.252 e. The molecule has 6 heteroatoms. The minimum absolute atomic E-state index is 0.0713. The van der Waals surface area contributed by atoms with Gasteiger partial charge in [0.1, 0.15) is 12.3 Å². The van der Waals surface area contributed by atoms with Crippen molar-refractivity contribution in [2.24, 2.45) is 5.10 Å². The molecule has 0 saturated heterocycles. The van der Waals surface area contributed by atoms with Crippen molar-refractivity contribution in [2.75, 3.05) is 11.4 Å². The van der Waals surface area contributed by atoms with Crippen LogP contribution in [-0.4, -0.2) is 23.8 Å². The molecule has 0 bridgehead atoms. The molecule has 0 spiro atoms. The number of hydrazone groups is 1. The monoisotopic (exact) mass is 375 g/mol. The Hall–Kier alpha value is -3.25. The minimum atomic E-state index is -0.0851. The lowest BCUT2D eigenvalue weighted by atomic mass is 10.2. The summed E-state index contributed by atoms with van der Waals surface area (Å²) in [4.78, 5) is 16.8. The summed E-state index contributed by atoms with van der Waals surface area (Å²) in [6.07, 6.45) is 1.61. The van der Waals surface area contributed by atoms with E-state index >= 15 is 0 Å². The van der Waals surface area contributed by atoms with E-state index in [9.17, 15) is 9.90 Å². The van der Waals surface area contributed by atoms with Gasteiger partial charge >= 0.3 is 0 Å². The van der Waals surface area contributed by atoms with Crippen LogP contribution in [0.2, 0.25) is 0 Å². The highest BCUT2D eigenvalue weighted by Crippen LogP contribution is 2.47. The first kappa shape index (κ1) is 17.2. The number of benzene rings is 3. The lowest BCUT2D eigenvalue weighted by Crippen LogP contribution is -2.35. The average molecular weight is 375 g/mol. The van der Waals surface area contributed by atoms with E-state index in [2.05, 4.69) is 10.5 Å². The first-order chi connectivity index (χ1) is 13.2. The first-order valence-corrected chi connectivity index (χ1v) is 9.28. The standard InChI is InChI=1S/C21H17N3O2S/c25-16-11-9-15(10-12-16)13-22-23-14-21(26)24-17-5-1-3-7-19(17)27-20-8-4-2-6-18(20)24/h1-13,23,25H,14H2/b22-13+. The van der Waals surface area contributed by atoms with Gasteiger partial charge in [-0.1, -0.05) is 36.0 Å². The Morgan fingerprint density at radius 2 is 1.56 bits per heavy atom. The van der Waals surface area contributed by atoms with E-state index in [1.165, 1.54) is 0 Å². The van der Waals surface area contributed by atoms with E-state index in [-0.39, 0.29) is 18.2 Å². The number of fused-ring (bicyclic) bond motifs is 2. The molecule has 0 aromatic heterocycles. The van der Waals surface area contributed by atoms with Crippen LogP contribution < -0.4 is 10.3 Å². The Morgan fingerprint density at radius 1 is 0.963 bits per heavy atom. The predicted molar refractivity (Wildman–Crippen MR) is 108 cm³/mol. The summed E-state index contributed by atoms with van der Waals surface area (Å²) in [5.74, 6) is 0.119. The van der Waals surface area contributed by atoms with Crippen LogP contribution in [0.5, 0.6) is 5.75 Å². The lowest BCUT2D eigenvalue weighted by Gasteiger charge is -2.30. The fraction of sp³-hybridized carbons (Fsp3) is 0.0476. The molecule has 3 aromatic rings. The molecule has 134 valence electrons. The number of anilines is 2. The zero-order valence-corrected chi connectivity index (χ0v) is 15.2. The van der Waals surface area contributed by atoms with Crippen LogP contribution in [0.1, 0.15) is 5.56 Å². The Bertz CT molecular complexity index is 957.